The van der Waals surface area contributed by atoms with Gasteiger partial charge >= 0.3 is 0 Å². The van der Waals surface area contributed by atoms with Crippen molar-refractivity contribution in [3.8, 4) is 0 Å². The molecule has 5 nitrogen and oxygen atoms in total. The molecule has 0 unspecified atom stereocenters. The molecule has 1 aromatic heterocycles. The highest BCUT2D eigenvalue weighted by molar-refractivity contribution is 7.13. The molecule has 0 spiro atoms. The maximum Gasteiger partial charge on any atom is 0.187 e. The number of hydrogen-bond donors (Lipinski definition) is 2. The Kier molecular flexibility index (Phi) is 5.39. The number of benzene rings is 1. The minimum absolute atomic E-state index is 0.251. The van der Waals surface area contributed by atoms with E-state index in [0.717, 1.165) is 55.8 Å². The standard InChI is InChI=1S/C16H22N4OS/c21-11-10-19-6-8-20(9-7-19)12-15-13-22-16(18-15)17-14-4-2-1-3-5-14/h1-5,13,21H,6-12H2,(H,17,18). The second-order valence-electron chi connectivity index (χ2n) is 5.48. The van der Waals surface area contributed by atoms with Gasteiger partial charge in [-0.05, 0) is 12.1 Å². The third kappa shape index (κ3) is 4.27. The Hall–Kier alpha value is -1.47. The lowest BCUT2D eigenvalue weighted by Crippen LogP contribution is -2.46. The van der Waals surface area contributed by atoms with Gasteiger partial charge in [0.15, 0.2) is 5.13 Å². The molecule has 1 aromatic carbocycles. The van der Waals surface area contributed by atoms with Gasteiger partial charge in [-0.1, -0.05) is 18.2 Å². The van der Waals surface area contributed by atoms with Crippen molar-refractivity contribution in [3.05, 3.63) is 41.4 Å². The SMILES string of the molecule is OCCN1CCN(Cc2csc(Nc3ccccc3)n2)CC1. The molecule has 0 bridgehead atoms. The molecule has 0 amide bonds. The molecule has 1 fully saturated rings. The molecule has 3 rings (SSSR count). The van der Waals surface area contributed by atoms with E-state index in [0.29, 0.717) is 0 Å². The number of nitrogens with zero attached hydrogens (tertiary/aromatic N) is 3. The van der Waals surface area contributed by atoms with Gasteiger partial charge in [0.25, 0.3) is 0 Å². The third-order valence-corrected chi connectivity index (χ3v) is 4.65. The maximum absolute atomic E-state index is 8.97. The number of para-hydroxylation sites is 1. The first-order chi connectivity index (χ1) is 10.8. The minimum Gasteiger partial charge on any atom is -0.395 e. The van der Waals surface area contributed by atoms with Gasteiger partial charge in [-0.25, -0.2) is 4.98 Å². The van der Waals surface area contributed by atoms with Gasteiger partial charge < -0.3 is 10.4 Å². The van der Waals surface area contributed by atoms with Crippen LogP contribution in [0.15, 0.2) is 35.7 Å². The number of rotatable bonds is 6. The van der Waals surface area contributed by atoms with Crippen LogP contribution in [0.3, 0.4) is 0 Å². The second-order valence-corrected chi connectivity index (χ2v) is 6.33. The molecule has 2 N–H and O–H groups in total. The number of aliphatic hydroxyl groups excluding tert-OH is 1. The molecule has 0 radical (unpaired) electrons. The number of β-amino-alcohol motifs (C(OH)–C–C–N with tert-alkyl or cyclic N) is 1. The molecular weight excluding hydrogens is 296 g/mol. The summed E-state index contributed by atoms with van der Waals surface area (Å²) in [6.45, 7) is 6.08. The summed E-state index contributed by atoms with van der Waals surface area (Å²) in [6.07, 6.45) is 0. The molecule has 1 aliphatic heterocycles. The average Bonchev–Trinajstić information content (AvgIpc) is 2.98. The van der Waals surface area contributed by atoms with Gasteiger partial charge in [0.1, 0.15) is 0 Å². The van der Waals surface area contributed by atoms with Crippen LogP contribution in [0.5, 0.6) is 0 Å². The normalized spacial score (nSPS) is 16.8. The molecule has 0 saturated carbocycles. The zero-order chi connectivity index (χ0) is 15.2. The number of aliphatic hydroxyl groups is 1. The monoisotopic (exact) mass is 318 g/mol. The Balaban J connectivity index is 1.50. The van der Waals surface area contributed by atoms with Crippen molar-refractivity contribution >= 4 is 22.2 Å². The van der Waals surface area contributed by atoms with Crippen LogP contribution in [-0.4, -0.2) is 59.2 Å². The van der Waals surface area contributed by atoms with E-state index in [2.05, 4.69) is 25.5 Å². The first-order valence-electron chi connectivity index (χ1n) is 7.65. The van der Waals surface area contributed by atoms with E-state index < -0.39 is 0 Å². The van der Waals surface area contributed by atoms with Gasteiger partial charge in [0.2, 0.25) is 0 Å². The van der Waals surface area contributed by atoms with Crippen LogP contribution in [0.1, 0.15) is 5.69 Å². The van der Waals surface area contributed by atoms with E-state index in [1.807, 2.05) is 30.3 Å². The summed E-state index contributed by atoms with van der Waals surface area (Å²) in [5.74, 6) is 0. The van der Waals surface area contributed by atoms with Crippen molar-refractivity contribution in [2.45, 2.75) is 6.54 Å². The van der Waals surface area contributed by atoms with E-state index in [1.54, 1.807) is 11.3 Å². The molecule has 2 aromatic rings. The summed E-state index contributed by atoms with van der Waals surface area (Å²) in [5, 5.41) is 15.4. The van der Waals surface area contributed by atoms with E-state index >= 15 is 0 Å². The summed E-state index contributed by atoms with van der Waals surface area (Å²) in [4.78, 5) is 9.40. The Labute approximate surface area is 135 Å². The van der Waals surface area contributed by atoms with Crippen LogP contribution in [0.2, 0.25) is 0 Å². The fourth-order valence-corrected chi connectivity index (χ4v) is 3.35. The number of piperazine rings is 1. The maximum atomic E-state index is 8.97. The average molecular weight is 318 g/mol. The predicted molar refractivity (Wildman–Crippen MR) is 90.6 cm³/mol. The molecule has 118 valence electrons. The molecule has 0 aliphatic carbocycles. The molecule has 22 heavy (non-hydrogen) atoms. The van der Waals surface area contributed by atoms with Gasteiger partial charge in [-0.15, -0.1) is 11.3 Å². The molecule has 6 heteroatoms. The number of hydrogen-bond acceptors (Lipinski definition) is 6. The summed E-state index contributed by atoms with van der Waals surface area (Å²) in [6, 6.07) is 10.1. The fourth-order valence-electron chi connectivity index (χ4n) is 2.62. The molecule has 0 atom stereocenters. The predicted octanol–water partition coefficient (Wildman–Crippen LogP) is 2.00. The topological polar surface area (TPSA) is 51.6 Å². The largest absolute Gasteiger partial charge is 0.395 e. The van der Waals surface area contributed by atoms with E-state index in [1.165, 1.54) is 0 Å². The first-order valence-corrected chi connectivity index (χ1v) is 8.53. The summed E-state index contributed by atoms with van der Waals surface area (Å²) >= 11 is 1.65. The van der Waals surface area contributed by atoms with Crippen LogP contribution in [-0.2, 0) is 6.54 Å². The lowest BCUT2D eigenvalue weighted by atomic mass is 10.3. The lowest BCUT2D eigenvalue weighted by molar-refractivity contribution is 0.108. The van der Waals surface area contributed by atoms with E-state index in [-0.39, 0.29) is 6.61 Å². The highest BCUT2D eigenvalue weighted by atomic mass is 32.1. The molecule has 1 saturated heterocycles. The van der Waals surface area contributed by atoms with E-state index in [9.17, 15) is 0 Å². The fraction of sp³-hybridized carbons (Fsp3) is 0.438. The minimum atomic E-state index is 0.251. The first kappa shape index (κ1) is 15.4. The van der Waals surface area contributed by atoms with Gasteiger partial charge in [-0.2, -0.15) is 0 Å². The van der Waals surface area contributed by atoms with Gasteiger partial charge in [-0.3, -0.25) is 9.80 Å². The van der Waals surface area contributed by atoms with Crippen molar-refractivity contribution in [1.29, 1.82) is 0 Å². The van der Waals surface area contributed by atoms with Crippen LogP contribution >= 0.6 is 11.3 Å². The Morgan fingerprint density at radius 2 is 1.82 bits per heavy atom. The van der Waals surface area contributed by atoms with Crippen LogP contribution in [0.4, 0.5) is 10.8 Å². The third-order valence-electron chi connectivity index (χ3n) is 3.84. The highest BCUT2D eigenvalue weighted by Gasteiger charge is 2.17. The quantitative estimate of drug-likeness (QED) is 0.853. The van der Waals surface area contributed by atoms with Crippen LogP contribution < -0.4 is 5.32 Å². The van der Waals surface area contributed by atoms with Crippen LogP contribution in [0, 0.1) is 0 Å². The molecule has 1 aliphatic rings. The van der Waals surface area contributed by atoms with E-state index in [4.69, 9.17) is 5.11 Å². The lowest BCUT2D eigenvalue weighted by Gasteiger charge is -2.33. The summed E-state index contributed by atoms with van der Waals surface area (Å²) in [5.41, 5.74) is 2.19. The Morgan fingerprint density at radius 3 is 2.55 bits per heavy atom. The Morgan fingerprint density at radius 1 is 1.09 bits per heavy atom. The van der Waals surface area contributed by atoms with Crippen LogP contribution in [0.25, 0.3) is 0 Å². The van der Waals surface area contributed by atoms with Gasteiger partial charge in [0.05, 0.1) is 12.3 Å². The van der Waals surface area contributed by atoms with Crippen molar-refractivity contribution in [1.82, 2.24) is 14.8 Å². The number of aromatic nitrogens is 1. The van der Waals surface area contributed by atoms with Gasteiger partial charge in [0, 0.05) is 50.3 Å². The number of thiazole rings is 1. The number of anilines is 2. The molecule has 2 heterocycles. The van der Waals surface area contributed by atoms with Crippen molar-refractivity contribution in [3.63, 3.8) is 0 Å². The van der Waals surface area contributed by atoms with Crippen molar-refractivity contribution in [2.75, 3.05) is 44.6 Å². The molecular formula is C16H22N4OS. The zero-order valence-corrected chi connectivity index (χ0v) is 13.4. The van der Waals surface area contributed by atoms with Crippen molar-refractivity contribution in [2.24, 2.45) is 0 Å². The number of nitrogens with one attached hydrogen (secondary N) is 1. The summed E-state index contributed by atoms with van der Waals surface area (Å²) < 4.78 is 0. The Bertz CT molecular complexity index is 567. The zero-order valence-electron chi connectivity index (χ0n) is 12.6. The second kappa shape index (κ2) is 7.69. The highest BCUT2D eigenvalue weighted by Crippen LogP contribution is 2.21. The summed E-state index contributed by atoms with van der Waals surface area (Å²) in [7, 11) is 0. The van der Waals surface area contributed by atoms with Crippen molar-refractivity contribution < 1.29 is 5.11 Å². The smallest absolute Gasteiger partial charge is 0.187 e.